The molecule has 0 radical (unpaired) electrons. The van der Waals surface area contributed by atoms with Crippen LogP contribution < -0.4 is 19.1 Å². The molecule has 0 aliphatic rings. The van der Waals surface area contributed by atoms with Crippen molar-refractivity contribution in [3.8, 4) is 5.75 Å². The predicted molar refractivity (Wildman–Crippen MR) is 139 cm³/mol. The average Bonchev–Trinajstić information content (AvgIpc) is 2.83. The summed E-state index contributed by atoms with van der Waals surface area (Å²) in [7, 11) is -6.79. The number of methoxy groups -OCH3 is 1. The van der Waals surface area contributed by atoms with Crippen LogP contribution in [0, 0.1) is 10.1 Å². The lowest BCUT2D eigenvalue weighted by Crippen LogP contribution is -2.37. The van der Waals surface area contributed by atoms with Crippen molar-refractivity contribution < 1.29 is 31.3 Å². The van der Waals surface area contributed by atoms with Crippen LogP contribution in [0.15, 0.2) is 71.6 Å². The van der Waals surface area contributed by atoms with Crippen molar-refractivity contribution in [3.63, 3.8) is 0 Å². The number of halogens is 1. The molecule has 0 aromatic heterocycles. The van der Waals surface area contributed by atoms with Crippen LogP contribution in [0.3, 0.4) is 0 Å². The van der Waals surface area contributed by atoms with Crippen molar-refractivity contribution in [2.45, 2.75) is 4.90 Å². The monoisotopic (exact) mass is 568 g/mol. The summed E-state index contributed by atoms with van der Waals surface area (Å²) in [5.74, 6) is -0.784. The Kier molecular flexibility index (Phi) is 8.25. The summed E-state index contributed by atoms with van der Waals surface area (Å²) < 4.78 is 58.3. The first kappa shape index (κ1) is 27.7. The number of benzene rings is 3. The van der Waals surface area contributed by atoms with Gasteiger partial charge in [0.15, 0.2) is 0 Å². The van der Waals surface area contributed by atoms with Gasteiger partial charge >= 0.3 is 0 Å². The van der Waals surface area contributed by atoms with E-state index < -0.39 is 43.1 Å². The molecule has 2 N–H and O–H groups in total. The zero-order valence-corrected chi connectivity index (χ0v) is 21.8. The van der Waals surface area contributed by atoms with Crippen LogP contribution in [-0.4, -0.2) is 47.6 Å². The van der Waals surface area contributed by atoms with E-state index in [1.165, 1.54) is 49.6 Å². The number of para-hydroxylation sites is 1. The van der Waals surface area contributed by atoms with Crippen LogP contribution in [-0.2, 0) is 24.8 Å². The van der Waals surface area contributed by atoms with Crippen molar-refractivity contribution in [3.05, 3.63) is 81.9 Å². The third kappa shape index (κ3) is 6.87. The van der Waals surface area contributed by atoms with Crippen LogP contribution in [0.4, 0.5) is 22.7 Å². The van der Waals surface area contributed by atoms with Crippen LogP contribution in [0.2, 0.25) is 5.02 Å². The van der Waals surface area contributed by atoms with E-state index in [1.807, 2.05) is 0 Å². The summed E-state index contributed by atoms with van der Waals surface area (Å²) in [6.45, 7) is -0.732. The molecule has 0 unspecified atom stereocenters. The van der Waals surface area contributed by atoms with Gasteiger partial charge < -0.3 is 10.1 Å². The summed E-state index contributed by atoms with van der Waals surface area (Å²) in [4.78, 5) is 23.0. The molecule has 3 aromatic rings. The Labute approximate surface area is 218 Å². The summed E-state index contributed by atoms with van der Waals surface area (Å²) in [5, 5.41) is 13.9. The number of carbonyl (C=O) groups excluding carboxylic acids is 1. The molecule has 0 saturated carbocycles. The van der Waals surface area contributed by atoms with Crippen LogP contribution in [0.5, 0.6) is 5.75 Å². The van der Waals surface area contributed by atoms with Crippen molar-refractivity contribution in [2.24, 2.45) is 0 Å². The number of non-ortho nitro benzene ring substituents is 1. The van der Waals surface area contributed by atoms with Gasteiger partial charge in [0.05, 0.1) is 33.9 Å². The smallest absolute Gasteiger partial charge is 0.271 e. The minimum atomic E-state index is -4.07. The van der Waals surface area contributed by atoms with Gasteiger partial charge in [-0.1, -0.05) is 23.7 Å². The highest BCUT2D eigenvalue weighted by atomic mass is 35.5. The number of nitrogens with zero attached hydrogens (tertiary/aromatic N) is 2. The molecule has 12 nitrogen and oxygen atoms in total. The fourth-order valence-corrected chi connectivity index (χ4v) is 5.33. The van der Waals surface area contributed by atoms with E-state index >= 15 is 0 Å². The summed E-state index contributed by atoms with van der Waals surface area (Å²) in [5.41, 5.74) is -0.214. The molecule has 0 atom stereocenters. The zero-order valence-electron chi connectivity index (χ0n) is 19.4. The molecule has 3 aromatic carbocycles. The lowest BCUT2D eigenvalue weighted by Gasteiger charge is -2.23. The number of hydrogen-bond acceptors (Lipinski definition) is 8. The molecule has 0 bridgehead atoms. The van der Waals surface area contributed by atoms with E-state index in [0.29, 0.717) is 4.31 Å². The molecule has 0 heterocycles. The van der Waals surface area contributed by atoms with Crippen molar-refractivity contribution in [1.82, 2.24) is 0 Å². The van der Waals surface area contributed by atoms with E-state index in [-0.39, 0.29) is 32.7 Å². The maximum atomic E-state index is 12.7. The number of anilines is 3. The summed E-state index contributed by atoms with van der Waals surface area (Å²) >= 11 is 6.00. The quantitative estimate of drug-likeness (QED) is 0.277. The maximum Gasteiger partial charge on any atom is 0.271 e. The SMILES string of the molecule is COc1ccc([N+](=O)[O-])cc1N(CC(=O)Nc1ccc(S(=O)(=O)Nc2ccccc2Cl)cc1)S(C)(=O)=O. The van der Waals surface area contributed by atoms with Crippen molar-refractivity contribution in [2.75, 3.05) is 34.3 Å². The van der Waals surface area contributed by atoms with Crippen LogP contribution >= 0.6 is 11.6 Å². The molecule has 0 spiro atoms. The Bertz CT molecular complexity index is 1550. The molecular formula is C22H21ClN4O8S2. The molecule has 1 amide bonds. The second kappa shape index (κ2) is 11.0. The number of ether oxygens (including phenoxy) is 1. The molecule has 196 valence electrons. The Morgan fingerprint density at radius 1 is 1.05 bits per heavy atom. The first-order chi connectivity index (χ1) is 17.3. The third-order valence-electron chi connectivity index (χ3n) is 4.90. The fourth-order valence-electron chi connectivity index (χ4n) is 3.16. The highest BCUT2D eigenvalue weighted by Crippen LogP contribution is 2.33. The second-order valence-corrected chi connectivity index (χ2v) is 11.5. The van der Waals surface area contributed by atoms with Gasteiger partial charge in [-0.25, -0.2) is 16.8 Å². The molecule has 0 fully saturated rings. The van der Waals surface area contributed by atoms with Crippen LogP contribution in [0.25, 0.3) is 0 Å². The minimum absolute atomic E-state index is 0.00408. The van der Waals surface area contributed by atoms with E-state index in [9.17, 15) is 31.7 Å². The highest BCUT2D eigenvalue weighted by molar-refractivity contribution is 7.92. The highest BCUT2D eigenvalue weighted by Gasteiger charge is 2.26. The van der Waals surface area contributed by atoms with E-state index in [4.69, 9.17) is 16.3 Å². The number of hydrogen-bond donors (Lipinski definition) is 2. The molecule has 3 rings (SSSR count). The third-order valence-corrected chi connectivity index (χ3v) is 7.73. The summed E-state index contributed by atoms with van der Waals surface area (Å²) in [6.07, 6.45) is 0.837. The lowest BCUT2D eigenvalue weighted by molar-refractivity contribution is -0.384. The van der Waals surface area contributed by atoms with Gasteiger partial charge in [-0.15, -0.1) is 0 Å². The van der Waals surface area contributed by atoms with E-state index in [1.54, 1.807) is 12.1 Å². The zero-order chi connectivity index (χ0) is 27.4. The average molecular weight is 569 g/mol. The molecule has 0 aliphatic heterocycles. The molecule has 15 heteroatoms. The first-order valence-corrected chi connectivity index (χ1v) is 14.0. The normalized spacial score (nSPS) is 11.4. The van der Waals surface area contributed by atoms with Gasteiger partial charge in [-0.3, -0.25) is 23.9 Å². The van der Waals surface area contributed by atoms with E-state index in [2.05, 4.69) is 10.0 Å². The van der Waals surface area contributed by atoms with Gasteiger partial charge in [-0.2, -0.15) is 0 Å². The van der Waals surface area contributed by atoms with Gasteiger partial charge in [-0.05, 0) is 42.5 Å². The van der Waals surface area contributed by atoms with Gasteiger partial charge in [0.1, 0.15) is 18.0 Å². The molecule has 0 aliphatic carbocycles. The lowest BCUT2D eigenvalue weighted by atomic mass is 10.2. The Morgan fingerprint density at radius 2 is 1.70 bits per heavy atom. The number of sulfonamides is 2. The van der Waals surface area contributed by atoms with Gasteiger partial charge in [0.25, 0.3) is 15.7 Å². The standard InChI is InChI=1S/C22H21ClN4O8S2/c1-35-21-12-9-16(27(29)30)13-20(21)26(36(2,31)32)14-22(28)24-15-7-10-17(11-8-15)37(33,34)25-19-6-4-3-5-18(19)23/h3-13,25H,14H2,1-2H3,(H,24,28). The Morgan fingerprint density at radius 3 is 2.27 bits per heavy atom. The molecule has 37 heavy (non-hydrogen) atoms. The number of nitro groups is 1. The Balaban J connectivity index is 1.79. The van der Waals surface area contributed by atoms with Crippen LogP contribution in [0.1, 0.15) is 0 Å². The Hall–Kier alpha value is -3.88. The molecular weight excluding hydrogens is 548 g/mol. The fraction of sp³-hybridized carbons (Fsp3) is 0.136. The maximum absolute atomic E-state index is 12.7. The van der Waals surface area contributed by atoms with Gasteiger partial charge in [0, 0.05) is 17.8 Å². The van der Waals surface area contributed by atoms with E-state index in [0.717, 1.165) is 18.4 Å². The largest absolute Gasteiger partial charge is 0.495 e. The number of amides is 1. The number of carbonyl (C=O) groups is 1. The number of nitro benzene ring substituents is 1. The minimum Gasteiger partial charge on any atom is -0.495 e. The molecule has 0 saturated heterocycles. The first-order valence-electron chi connectivity index (χ1n) is 10.3. The van der Waals surface area contributed by atoms with Crippen molar-refractivity contribution >= 4 is 60.3 Å². The number of rotatable bonds is 10. The number of nitrogens with one attached hydrogen (secondary N) is 2. The van der Waals surface area contributed by atoms with Crippen molar-refractivity contribution in [1.29, 1.82) is 0 Å². The van der Waals surface area contributed by atoms with Gasteiger partial charge in [0.2, 0.25) is 15.9 Å². The predicted octanol–water partition coefficient (Wildman–Crippen LogP) is 3.46. The second-order valence-electron chi connectivity index (χ2n) is 7.54. The topological polar surface area (TPSA) is 165 Å². The summed E-state index contributed by atoms with van der Waals surface area (Å²) in [6, 6.07) is 14.8.